The fourth-order valence-electron chi connectivity index (χ4n) is 4.75. The van der Waals surface area contributed by atoms with Crippen LogP contribution >= 0.6 is 11.8 Å². The number of pyridine rings is 1. The molecule has 0 saturated carbocycles. The number of piperazine rings is 1. The predicted octanol–water partition coefficient (Wildman–Crippen LogP) is 6.29. The van der Waals surface area contributed by atoms with E-state index >= 15 is 0 Å². The molecule has 3 heterocycles. The van der Waals surface area contributed by atoms with Gasteiger partial charge in [0.15, 0.2) is 0 Å². The number of fused-ring (bicyclic) bond motifs is 3. The molecule has 5 aromatic rings. The summed E-state index contributed by atoms with van der Waals surface area (Å²) in [5, 5.41) is 2.36. The second kappa shape index (κ2) is 9.29. The molecule has 2 aromatic heterocycles. The Bertz CT molecular complexity index is 1470. The van der Waals surface area contributed by atoms with Crippen LogP contribution in [0.15, 0.2) is 88.8 Å². The van der Waals surface area contributed by atoms with Gasteiger partial charge >= 0.3 is 0 Å². The van der Waals surface area contributed by atoms with Gasteiger partial charge in [-0.1, -0.05) is 30.0 Å². The minimum atomic E-state index is 0.865. The zero-order valence-corrected chi connectivity index (χ0v) is 20.8. The van der Waals surface area contributed by atoms with Crippen LogP contribution in [-0.2, 0) is 0 Å². The highest BCUT2D eigenvalue weighted by molar-refractivity contribution is 7.99. The van der Waals surface area contributed by atoms with Gasteiger partial charge < -0.3 is 19.5 Å². The molecule has 0 unspecified atom stereocenters. The smallest absolute Gasteiger partial charge is 0.139 e. The molecular weight excluding hydrogens is 452 g/mol. The first kappa shape index (κ1) is 22.0. The van der Waals surface area contributed by atoms with Crippen molar-refractivity contribution in [3.8, 4) is 16.9 Å². The maximum Gasteiger partial charge on any atom is 0.139 e. The predicted molar refractivity (Wildman–Crippen MR) is 146 cm³/mol. The van der Waals surface area contributed by atoms with Crippen molar-refractivity contribution in [3.05, 3.63) is 79.0 Å². The summed E-state index contributed by atoms with van der Waals surface area (Å²) in [7, 11) is 3.88. The first-order valence-corrected chi connectivity index (χ1v) is 12.8. The number of nitrogens with zero attached hydrogens (tertiary/aromatic N) is 3. The topological polar surface area (TPSA) is 44.4 Å². The number of ether oxygens (including phenoxy) is 1. The highest BCUT2D eigenvalue weighted by Gasteiger charge is 2.15. The van der Waals surface area contributed by atoms with Crippen molar-refractivity contribution in [1.82, 2.24) is 14.9 Å². The average molecular weight is 481 g/mol. The van der Waals surface area contributed by atoms with Crippen LogP contribution in [0.4, 0.5) is 5.69 Å². The molecule has 1 saturated heterocycles. The fourth-order valence-corrected chi connectivity index (χ4v) is 5.72. The van der Waals surface area contributed by atoms with E-state index in [4.69, 9.17) is 4.74 Å². The summed E-state index contributed by atoms with van der Waals surface area (Å²) in [6.07, 6.45) is 1.88. The number of nitrogens with one attached hydrogen (secondary N) is 1. The SMILES string of the molecule is COc1ccc(Sc2ccnc3[nH]c4ccc(-c5ccc(N6CCN(C)CC6)cc5)cc4c23)cc1. The summed E-state index contributed by atoms with van der Waals surface area (Å²) in [4.78, 5) is 15.3. The maximum absolute atomic E-state index is 5.31. The lowest BCUT2D eigenvalue weighted by atomic mass is 10.0. The van der Waals surface area contributed by atoms with E-state index < -0.39 is 0 Å². The van der Waals surface area contributed by atoms with Crippen LogP contribution in [0.1, 0.15) is 0 Å². The van der Waals surface area contributed by atoms with Crippen LogP contribution in [0.2, 0.25) is 0 Å². The Morgan fingerprint density at radius 3 is 2.34 bits per heavy atom. The number of likely N-dealkylation sites (N-methyl/N-ethyl adjacent to an activating group) is 1. The zero-order valence-electron chi connectivity index (χ0n) is 20.0. The molecule has 6 heteroatoms. The number of aromatic amines is 1. The van der Waals surface area contributed by atoms with Gasteiger partial charge in [0.2, 0.25) is 0 Å². The Morgan fingerprint density at radius 1 is 0.857 bits per heavy atom. The lowest BCUT2D eigenvalue weighted by molar-refractivity contribution is 0.313. The van der Waals surface area contributed by atoms with Crippen LogP contribution in [0.25, 0.3) is 33.1 Å². The maximum atomic E-state index is 5.31. The van der Waals surface area contributed by atoms with Crippen LogP contribution < -0.4 is 9.64 Å². The third-order valence-corrected chi connectivity index (χ3v) is 7.88. The van der Waals surface area contributed by atoms with E-state index in [9.17, 15) is 0 Å². The molecule has 0 spiro atoms. The van der Waals surface area contributed by atoms with Gasteiger partial charge in [0.25, 0.3) is 0 Å². The van der Waals surface area contributed by atoms with Crippen molar-refractivity contribution in [1.29, 1.82) is 0 Å². The van der Waals surface area contributed by atoms with Crippen molar-refractivity contribution in [2.45, 2.75) is 9.79 Å². The average Bonchev–Trinajstić information content (AvgIpc) is 3.28. The molecule has 3 aromatic carbocycles. The molecule has 0 amide bonds. The summed E-state index contributed by atoms with van der Waals surface area (Å²) in [5.41, 5.74) is 5.77. The van der Waals surface area contributed by atoms with E-state index in [1.165, 1.54) is 37.4 Å². The Kier molecular flexibility index (Phi) is 5.84. The normalized spacial score (nSPS) is 14.6. The third kappa shape index (κ3) is 4.35. The number of hydrogen-bond acceptors (Lipinski definition) is 5. The highest BCUT2D eigenvalue weighted by Crippen LogP contribution is 2.38. The number of rotatable bonds is 5. The molecule has 1 fully saturated rings. The van der Waals surface area contributed by atoms with Crippen molar-refractivity contribution in [2.24, 2.45) is 0 Å². The van der Waals surface area contributed by atoms with Gasteiger partial charge in [0.05, 0.1) is 7.11 Å². The van der Waals surface area contributed by atoms with Gasteiger partial charge in [0, 0.05) is 64.1 Å². The lowest BCUT2D eigenvalue weighted by Crippen LogP contribution is -2.44. The Hall–Kier alpha value is -3.48. The third-order valence-electron chi connectivity index (χ3n) is 6.81. The molecule has 1 aliphatic rings. The molecule has 0 atom stereocenters. The van der Waals surface area contributed by atoms with Crippen LogP contribution in [0.5, 0.6) is 5.75 Å². The first-order chi connectivity index (χ1) is 17.2. The van der Waals surface area contributed by atoms with E-state index in [0.29, 0.717) is 0 Å². The Labute approximate surface area is 209 Å². The molecule has 0 radical (unpaired) electrons. The van der Waals surface area contributed by atoms with Crippen LogP contribution in [0, 0.1) is 0 Å². The molecule has 0 aliphatic carbocycles. The fraction of sp³-hybridized carbons (Fsp3) is 0.207. The summed E-state index contributed by atoms with van der Waals surface area (Å²) >= 11 is 1.75. The molecule has 6 rings (SSSR count). The molecule has 5 nitrogen and oxygen atoms in total. The van der Waals surface area contributed by atoms with E-state index in [1.54, 1.807) is 18.9 Å². The van der Waals surface area contributed by atoms with Crippen molar-refractivity contribution in [2.75, 3.05) is 45.2 Å². The second-order valence-electron chi connectivity index (χ2n) is 9.03. The van der Waals surface area contributed by atoms with Gasteiger partial charge in [-0.2, -0.15) is 0 Å². The standard InChI is InChI=1S/C29H28N4OS/c1-32-15-17-33(18-16-32)22-6-3-20(4-7-22)21-5-12-26-25(19-21)28-27(13-14-30-29(28)31-26)35-24-10-8-23(34-2)9-11-24/h3-14,19H,15-18H2,1-2H3,(H,30,31). The molecule has 1 N–H and O–H groups in total. The van der Waals surface area contributed by atoms with E-state index in [0.717, 1.165) is 43.1 Å². The molecule has 1 aliphatic heterocycles. The molecule has 0 bridgehead atoms. The van der Waals surface area contributed by atoms with E-state index in [2.05, 4.69) is 87.5 Å². The number of hydrogen-bond donors (Lipinski definition) is 1. The molecule has 176 valence electrons. The van der Waals surface area contributed by atoms with Crippen molar-refractivity contribution < 1.29 is 4.74 Å². The second-order valence-corrected chi connectivity index (χ2v) is 10.1. The van der Waals surface area contributed by atoms with Crippen LogP contribution in [0.3, 0.4) is 0 Å². The zero-order chi connectivity index (χ0) is 23.8. The molecular formula is C29H28N4OS. The summed E-state index contributed by atoms with van der Waals surface area (Å²) in [6, 6.07) is 25.9. The van der Waals surface area contributed by atoms with Crippen molar-refractivity contribution in [3.63, 3.8) is 0 Å². The highest BCUT2D eigenvalue weighted by atomic mass is 32.2. The summed E-state index contributed by atoms with van der Waals surface area (Å²) < 4.78 is 5.31. The van der Waals surface area contributed by atoms with Gasteiger partial charge in [-0.15, -0.1) is 0 Å². The van der Waals surface area contributed by atoms with Crippen molar-refractivity contribution >= 4 is 39.4 Å². The Morgan fingerprint density at radius 2 is 1.60 bits per heavy atom. The Balaban J connectivity index is 1.34. The summed E-state index contributed by atoms with van der Waals surface area (Å²) in [5.74, 6) is 0.865. The van der Waals surface area contributed by atoms with Gasteiger partial charge in [-0.05, 0) is 72.8 Å². The van der Waals surface area contributed by atoms with Crippen LogP contribution in [-0.4, -0.2) is 55.2 Å². The number of methoxy groups -OCH3 is 1. The van der Waals surface area contributed by atoms with E-state index in [1.807, 2.05) is 18.3 Å². The largest absolute Gasteiger partial charge is 0.497 e. The van der Waals surface area contributed by atoms with Gasteiger partial charge in [0.1, 0.15) is 11.4 Å². The molecule has 35 heavy (non-hydrogen) atoms. The number of H-pyrrole nitrogens is 1. The number of aromatic nitrogens is 2. The number of anilines is 1. The summed E-state index contributed by atoms with van der Waals surface area (Å²) in [6.45, 7) is 4.39. The minimum Gasteiger partial charge on any atom is -0.497 e. The van der Waals surface area contributed by atoms with E-state index in [-0.39, 0.29) is 0 Å². The lowest BCUT2D eigenvalue weighted by Gasteiger charge is -2.34. The van der Waals surface area contributed by atoms with Gasteiger partial charge in [-0.3, -0.25) is 0 Å². The first-order valence-electron chi connectivity index (χ1n) is 11.9. The quantitative estimate of drug-likeness (QED) is 0.320. The minimum absolute atomic E-state index is 0.865. The van der Waals surface area contributed by atoms with Gasteiger partial charge in [-0.25, -0.2) is 4.98 Å². The monoisotopic (exact) mass is 480 g/mol. The number of benzene rings is 3.